The summed E-state index contributed by atoms with van der Waals surface area (Å²) in [6.45, 7) is 8.74. The van der Waals surface area contributed by atoms with E-state index in [0.717, 1.165) is 38.4 Å². The molecule has 0 spiro atoms. The van der Waals surface area contributed by atoms with Gasteiger partial charge in [-0.3, -0.25) is 0 Å². The fourth-order valence-electron chi connectivity index (χ4n) is 2.99. The van der Waals surface area contributed by atoms with Crippen LogP contribution in [-0.2, 0) is 11.3 Å². The number of carbonyl (C=O) groups is 1. The van der Waals surface area contributed by atoms with Crippen molar-refractivity contribution < 1.29 is 9.53 Å². The van der Waals surface area contributed by atoms with Crippen LogP contribution in [0.25, 0.3) is 0 Å². The van der Waals surface area contributed by atoms with E-state index in [9.17, 15) is 4.79 Å². The average Bonchev–Trinajstić information content (AvgIpc) is 2.61. The zero-order valence-electron chi connectivity index (χ0n) is 17.8. The van der Waals surface area contributed by atoms with Gasteiger partial charge >= 0.3 is 6.09 Å². The summed E-state index contributed by atoms with van der Waals surface area (Å²) in [5, 5.41) is 3.48. The van der Waals surface area contributed by atoms with E-state index in [4.69, 9.17) is 9.73 Å². The summed E-state index contributed by atoms with van der Waals surface area (Å²) in [6, 6.07) is 10.3. The van der Waals surface area contributed by atoms with Crippen LogP contribution in [0.3, 0.4) is 0 Å². The summed E-state index contributed by atoms with van der Waals surface area (Å²) in [5.74, 6) is 1.43. The number of amides is 1. The Morgan fingerprint density at radius 1 is 1.21 bits per heavy atom. The molecule has 1 heterocycles. The zero-order valence-corrected chi connectivity index (χ0v) is 20.1. The highest BCUT2D eigenvalue weighted by Crippen LogP contribution is 2.19. The molecule has 2 rings (SSSR count). The van der Waals surface area contributed by atoms with Gasteiger partial charge in [-0.15, -0.1) is 24.0 Å². The van der Waals surface area contributed by atoms with Gasteiger partial charge in [-0.25, -0.2) is 9.79 Å². The summed E-state index contributed by atoms with van der Waals surface area (Å²) >= 11 is 0. The first kappa shape index (κ1) is 24.5. The molecule has 0 atom stereocenters. The maximum atomic E-state index is 12.2. The number of piperidine rings is 1. The molecular formula is C21H35IN4O2. The third kappa shape index (κ3) is 8.67. The van der Waals surface area contributed by atoms with Gasteiger partial charge in [0.15, 0.2) is 5.96 Å². The first-order valence-electron chi connectivity index (χ1n) is 9.72. The van der Waals surface area contributed by atoms with Crippen LogP contribution in [0.2, 0.25) is 0 Å². The minimum Gasteiger partial charge on any atom is -0.444 e. The number of rotatable bonds is 4. The summed E-state index contributed by atoms with van der Waals surface area (Å²) in [5.41, 5.74) is 0.759. The van der Waals surface area contributed by atoms with E-state index in [1.165, 1.54) is 5.56 Å². The number of hydrogen-bond donors (Lipinski definition) is 1. The Hall–Kier alpha value is -1.51. The highest BCUT2D eigenvalue weighted by atomic mass is 127. The Morgan fingerprint density at radius 2 is 1.82 bits per heavy atom. The number of hydrogen-bond acceptors (Lipinski definition) is 3. The highest BCUT2D eigenvalue weighted by Gasteiger charge is 2.26. The lowest BCUT2D eigenvalue weighted by Gasteiger charge is -2.34. The molecule has 1 aliphatic rings. The molecule has 1 N–H and O–H groups in total. The Balaban J connectivity index is 0.00000392. The Kier molecular flexibility index (Phi) is 10.1. The zero-order chi connectivity index (χ0) is 19.9. The van der Waals surface area contributed by atoms with E-state index in [0.29, 0.717) is 12.5 Å². The van der Waals surface area contributed by atoms with Crippen molar-refractivity contribution in [1.29, 1.82) is 0 Å². The number of ether oxygens (including phenoxy) is 1. The van der Waals surface area contributed by atoms with Gasteiger partial charge in [0.25, 0.3) is 0 Å². The molecule has 1 aromatic rings. The smallest absolute Gasteiger partial charge is 0.410 e. The van der Waals surface area contributed by atoms with Gasteiger partial charge in [0, 0.05) is 33.7 Å². The van der Waals surface area contributed by atoms with E-state index in [2.05, 4.69) is 17.4 Å². The van der Waals surface area contributed by atoms with Crippen LogP contribution in [0.5, 0.6) is 0 Å². The summed E-state index contributed by atoms with van der Waals surface area (Å²) in [6.07, 6.45) is 1.75. The normalized spacial score (nSPS) is 15.6. The molecule has 0 radical (unpaired) electrons. The Bertz CT molecular complexity index is 621. The maximum Gasteiger partial charge on any atom is 0.410 e. The highest BCUT2D eigenvalue weighted by molar-refractivity contribution is 14.0. The number of guanidine groups is 1. The largest absolute Gasteiger partial charge is 0.444 e. The molecule has 1 fully saturated rings. The monoisotopic (exact) mass is 502 g/mol. The van der Waals surface area contributed by atoms with Crippen molar-refractivity contribution in [2.45, 2.75) is 45.8 Å². The van der Waals surface area contributed by atoms with Crippen molar-refractivity contribution in [2.75, 3.05) is 33.7 Å². The van der Waals surface area contributed by atoms with E-state index in [1.54, 1.807) is 0 Å². The second-order valence-electron chi connectivity index (χ2n) is 8.31. The van der Waals surface area contributed by atoms with Gasteiger partial charge in [-0.2, -0.15) is 0 Å². The van der Waals surface area contributed by atoms with Crippen LogP contribution in [0.1, 0.15) is 39.2 Å². The van der Waals surface area contributed by atoms with Crippen LogP contribution >= 0.6 is 24.0 Å². The van der Waals surface area contributed by atoms with Crippen molar-refractivity contribution in [3.8, 4) is 0 Å². The number of benzene rings is 1. The van der Waals surface area contributed by atoms with E-state index in [-0.39, 0.29) is 30.1 Å². The number of nitrogens with zero attached hydrogens (tertiary/aromatic N) is 3. The fourth-order valence-corrected chi connectivity index (χ4v) is 2.99. The fraction of sp³-hybridized carbons (Fsp3) is 0.619. The van der Waals surface area contributed by atoms with Gasteiger partial charge < -0.3 is 19.9 Å². The minimum absolute atomic E-state index is 0. The number of likely N-dealkylation sites (tertiary alicyclic amines) is 1. The predicted octanol–water partition coefficient (Wildman–Crippen LogP) is 3.96. The van der Waals surface area contributed by atoms with Crippen LogP contribution in [0, 0.1) is 5.92 Å². The maximum absolute atomic E-state index is 12.2. The van der Waals surface area contributed by atoms with Gasteiger partial charge in [0.1, 0.15) is 5.60 Å². The number of halogens is 1. The summed E-state index contributed by atoms with van der Waals surface area (Å²) in [7, 11) is 4.00. The molecule has 1 aromatic carbocycles. The van der Waals surface area contributed by atoms with Crippen LogP contribution in [-0.4, -0.2) is 61.2 Å². The van der Waals surface area contributed by atoms with Crippen LogP contribution in [0.15, 0.2) is 35.3 Å². The van der Waals surface area contributed by atoms with E-state index in [1.807, 2.05) is 62.9 Å². The molecule has 28 heavy (non-hydrogen) atoms. The molecule has 1 amide bonds. The molecule has 0 unspecified atom stereocenters. The predicted molar refractivity (Wildman–Crippen MR) is 125 cm³/mol. The molecule has 0 bridgehead atoms. The number of aliphatic imine (C=N–C) groups is 1. The molecule has 7 heteroatoms. The molecule has 1 aliphatic heterocycles. The number of nitrogens with one attached hydrogen (secondary N) is 1. The standard InChI is InChI=1S/C21H34N4O2.HI/c1-21(2,3)27-20(26)25-13-11-18(12-14-25)16-23-19(24(4)5)22-15-17-9-7-6-8-10-17;/h6-10,18H,11-16H2,1-5H3,(H,22,23);1H. The summed E-state index contributed by atoms with van der Waals surface area (Å²) < 4.78 is 5.46. The second-order valence-corrected chi connectivity index (χ2v) is 8.31. The lowest BCUT2D eigenvalue weighted by atomic mass is 9.97. The molecule has 0 aromatic heterocycles. The number of carbonyl (C=O) groups excluding carboxylic acids is 1. The topological polar surface area (TPSA) is 57.2 Å². The van der Waals surface area contributed by atoms with Crippen LogP contribution < -0.4 is 5.32 Å². The summed E-state index contributed by atoms with van der Waals surface area (Å²) in [4.78, 5) is 20.7. The second kappa shape index (κ2) is 11.5. The SMILES string of the molecule is CN(C)C(=NCc1ccccc1)NCC1CCN(C(=O)OC(C)(C)C)CC1.I. The van der Waals surface area contributed by atoms with E-state index < -0.39 is 5.60 Å². The van der Waals surface area contributed by atoms with Crippen LogP contribution in [0.4, 0.5) is 4.79 Å². The first-order chi connectivity index (χ1) is 12.7. The Labute approximate surface area is 186 Å². The van der Waals surface area contributed by atoms with Crippen molar-refractivity contribution in [2.24, 2.45) is 10.9 Å². The third-order valence-corrected chi connectivity index (χ3v) is 4.49. The molecule has 1 saturated heterocycles. The average molecular weight is 502 g/mol. The quantitative estimate of drug-likeness (QED) is 0.385. The van der Waals surface area contributed by atoms with Crippen molar-refractivity contribution >= 4 is 36.0 Å². The van der Waals surface area contributed by atoms with Gasteiger partial charge in [-0.1, -0.05) is 30.3 Å². The molecule has 0 saturated carbocycles. The molecule has 6 nitrogen and oxygen atoms in total. The van der Waals surface area contributed by atoms with Crippen molar-refractivity contribution in [1.82, 2.24) is 15.1 Å². The van der Waals surface area contributed by atoms with Crippen molar-refractivity contribution in [3.05, 3.63) is 35.9 Å². The van der Waals surface area contributed by atoms with Gasteiger partial charge in [-0.05, 0) is 45.1 Å². The lowest BCUT2D eigenvalue weighted by molar-refractivity contribution is 0.0185. The molecule has 158 valence electrons. The first-order valence-corrected chi connectivity index (χ1v) is 9.72. The Morgan fingerprint density at radius 3 is 2.36 bits per heavy atom. The molecule has 0 aliphatic carbocycles. The molecular weight excluding hydrogens is 467 g/mol. The van der Waals surface area contributed by atoms with Crippen molar-refractivity contribution in [3.63, 3.8) is 0 Å². The van der Waals surface area contributed by atoms with E-state index >= 15 is 0 Å². The van der Waals surface area contributed by atoms with Gasteiger partial charge in [0.2, 0.25) is 0 Å². The lowest BCUT2D eigenvalue weighted by Crippen LogP contribution is -2.45. The minimum atomic E-state index is -0.439. The third-order valence-electron chi connectivity index (χ3n) is 4.49. The van der Waals surface area contributed by atoms with Gasteiger partial charge in [0.05, 0.1) is 6.54 Å².